The van der Waals surface area contributed by atoms with Crippen LogP contribution in [0.1, 0.15) is 50.0 Å². The second-order valence-electron chi connectivity index (χ2n) is 6.21. The summed E-state index contributed by atoms with van der Waals surface area (Å²) in [4.78, 5) is 23.6. The van der Waals surface area contributed by atoms with Gasteiger partial charge in [-0.25, -0.2) is 0 Å². The van der Waals surface area contributed by atoms with Crippen molar-refractivity contribution in [3.8, 4) is 0 Å². The van der Waals surface area contributed by atoms with E-state index < -0.39 is 0 Å². The molecule has 21 heavy (non-hydrogen) atoms. The van der Waals surface area contributed by atoms with Gasteiger partial charge in [0, 0.05) is 25.1 Å². The molecule has 0 spiro atoms. The van der Waals surface area contributed by atoms with E-state index in [2.05, 4.69) is 22.8 Å². The first kappa shape index (κ1) is 14.1. The van der Waals surface area contributed by atoms with Crippen LogP contribution in [0.5, 0.6) is 0 Å². The van der Waals surface area contributed by atoms with Crippen LogP contribution in [0.3, 0.4) is 0 Å². The molecule has 2 N–H and O–H groups in total. The maximum absolute atomic E-state index is 12.1. The third-order valence-corrected chi connectivity index (χ3v) is 4.30. The van der Waals surface area contributed by atoms with Gasteiger partial charge in [0.15, 0.2) is 0 Å². The Labute approximate surface area is 125 Å². The molecular formula is C17H22N2O2. The Bertz CT molecular complexity index is 520. The second-order valence-corrected chi connectivity index (χ2v) is 6.21. The van der Waals surface area contributed by atoms with Crippen LogP contribution in [-0.2, 0) is 9.59 Å². The number of anilines is 1. The number of hydrogen-bond acceptors (Lipinski definition) is 2. The largest absolute Gasteiger partial charge is 0.356 e. The fourth-order valence-electron chi connectivity index (χ4n) is 2.96. The van der Waals surface area contributed by atoms with Gasteiger partial charge in [-0.2, -0.15) is 0 Å². The average Bonchev–Trinajstić information content (AvgIpc) is 3.28. The van der Waals surface area contributed by atoms with Gasteiger partial charge in [-0.1, -0.05) is 12.1 Å². The van der Waals surface area contributed by atoms with Crippen molar-refractivity contribution in [2.75, 3.05) is 11.9 Å². The third-order valence-electron chi connectivity index (χ3n) is 4.30. The molecule has 2 fully saturated rings. The molecule has 1 unspecified atom stereocenters. The summed E-state index contributed by atoms with van der Waals surface area (Å²) in [6.45, 7) is 0.736. The van der Waals surface area contributed by atoms with Crippen molar-refractivity contribution in [1.29, 1.82) is 0 Å². The molecular weight excluding hydrogens is 264 g/mol. The zero-order valence-corrected chi connectivity index (χ0v) is 12.2. The van der Waals surface area contributed by atoms with E-state index in [9.17, 15) is 9.59 Å². The second kappa shape index (κ2) is 6.29. The number of benzene rings is 1. The van der Waals surface area contributed by atoms with Gasteiger partial charge in [0.25, 0.3) is 0 Å². The van der Waals surface area contributed by atoms with E-state index in [-0.39, 0.29) is 17.7 Å². The summed E-state index contributed by atoms with van der Waals surface area (Å²) >= 11 is 0. The molecule has 0 aromatic heterocycles. The van der Waals surface area contributed by atoms with E-state index in [1.807, 2.05) is 12.1 Å². The minimum atomic E-state index is 0.00821. The smallest absolute Gasteiger partial charge is 0.224 e. The third kappa shape index (κ3) is 4.06. The van der Waals surface area contributed by atoms with Gasteiger partial charge in [0.05, 0.1) is 0 Å². The number of hydrogen-bond donors (Lipinski definition) is 2. The average molecular weight is 286 g/mol. The topological polar surface area (TPSA) is 58.2 Å². The van der Waals surface area contributed by atoms with Crippen molar-refractivity contribution in [3.63, 3.8) is 0 Å². The van der Waals surface area contributed by atoms with Crippen LogP contribution in [0.25, 0.3) is 0 Å². The molecule has 2 amide bonds. The van der Waals surface area contributed by atoms with Crippen molar-refractivity contribution < 1.29 is 9.59 Å². The summed E-state index contributed by atoms with van der Waals surface area (Å²) in [6.07, 6.45) is 5.36. The van der Waals surface area contributed by atoms with Gasteiger partial charge in [-0.3, -0.25) is 9.59 Å². The van der Waals surface area contributed by atoms with E-state index in [0.29, 0.717) is 12.8 Å². The zero-order valence-electron chi connectivity index (χ0n) is 12.2. The highest BCUT2D eigenvalue weighted by Crippen LogP contribution is 2.40. The van der Waals surface area contributed by atoms with Crippen LogP contribution in [0.4, 0.5) is 5.69 Å². The van der Waals surface area contributed by atoms with Crippen LogP contribution < -0.4 is 10.6 Å². The van der Waals surface area contributed by atoms with Gasteiger partial charge in [-0.15, -0.1) is 0 Å². The number of carbonyl (C=O) groups is 2. The molecule has 1 aliphatic heterocycles. The SMILES string of the molecule is O=C1CC(CC(=O)Nc2ccc(C3CC3)cc2)CCCN1. The zero-order chi connectivity index (χ0) is 14.7. The molecule has 0 bridgehead atoms. The first-order valence-electron chi connectivity index (χ1n) is 7.87. The standard InChI is InChI=1S/C17H22N2O2/c20-16-10-12(2-1-9-18-16)11-17(21)19-15-7-5-14(6-8-15)13-3-4-13/h5-8,12-13H,1-4,9-11H2,(H,18,20)(H,19,21). The van der Waals surface area contributed by atoms with Crippen LogP contribution in [0, 0.1) is 5.92 Å². The van der Waals surface area contributed by atoms with E-state index in [0.717, 1.165) is 31.0 Å². The van der Waals surface area contributed by atoms with E-state index in [4.69, 9.17) is 0 Å². The molecule has 112 valence electrons. The highest BCUT2D eigenvalue weighted by atomic mass is 16.2. The van der Waals surface area contributed by atoms with Crippen LogP contribution >= 0.6 is 0 Å². The summed E-state index contributed by atoms with van der Waals surface area (Å²) in [5.74, 6) is 0.977. The lowest BCUT2D eigenvalue weighted by Gasteiger charge is -2.12. The minimum absolute atomic E-state index is 0.00821. The lowest BCUT2D eigenvalue weighted by Crippen LogP contribution is -2.23. The molecule has 1 heterocycles. The maximum Gasteiger partial charge on any atom is 0.224 e. The number of amides is 2. The molecule has 2 aliphatic rings. The summed E-state index contributed by atoms with van der Waals surface area (Å²) < 4.78 is 0. The fourth-order valence-corrected chi connectivity index (χ4v) is 2.96. The highest BCUT2D eigenvalue weighted by Gasteiger charge is 2.23. The summed E-state index contributed by atoms with van der Waals surface area (Å²) in [5, 5.41) is 5.79. The molecule has 1 saturated carbocycles. The van der Waals surface area contributed by atoms with Crippen molar-refractivity contribution in [2.45, 2.75) is 44.4 Å². The van der Waals surface area contributed by atoms with Crippen LogP contribution in [-0.4, -0.2) is 18.4 Å². The van der Waals surface area contributed by atoms with Crippen molar-refractivity contribution in [3.05, 3.63) is 29.8 Å². The predicted molar refractivity (Wildman–Crippen MR) is 82.0 cm³/mol. The molecule has 4 nitrogen and oxygen atoms in total. The van der Waals surface area contributed by atoms with Gasteiger partial charge in [0.2, 0.25) is 11.8 Å². The Morgan fingerprint density at radius 2 is 1.95 bits per heavy atom. The molecule has 1 saturated heterocycles. The molecule has 1 aromatic carbocycles. The summed E-state index contributed by atoms with van der Waals surface area (Å²) in [7, 11) is 0. The Balaban J connectivity index is 1.51. The molecule has 3 rings (SSSR count). The van der Waals surface area contributed by atoms with Crippen molar-refractivity contribution in [1.82, 2.24) is 5.32 Å². The quantitative estimate of drug-likeness (QED) is 0.894. The van der Waals surface area contributed by atoms with Crippen molar-refractivity contribution in [2.24, 2.45) is 5.92 Å². The van der Waals surface area contributed by atoms with Gasteiger partial charge in [-0.05, 0) is 55.2 Å². The van der Waals surface area contributed by atoms with Gasteiger partial charge < -0.3 is 10.6 Å². The van der Waals surface area contributed by atoms with E-state index >= 15 is 0 Å². The summed E-state index contributed by atoms with van der Waals surface area (Å²) in [5.41, 5.74) is 2.22. The lowest BCUT2D eigenvalue weighted by molar-refractivity contribution is -0.122. The fraction of sp³-hybridized carbons (Fsp3) is 0.529. The highest BCUT2D eigenvalue weighted by molar-refractivity contribution is 5.91. The van der Waals surface area contributed by atoms with E-state index in [1.54, 1.807) is 0 Å². The molecule has 0 radical (unpaired) electrons. The summed E-state index contributed by atoms with van der Waals surface area (Å²) in [6, 6.07) is 8.16. The molecule has 1 aromatic rings. The molecule has 4 heteroatoms. The number of nitrogens with one attached hydrogen (secondary N) is 2. The monoisotopic (exact) mass is 286 g/mol. The Morgan fingerprint density at radius 1 is 1.19 bits per heavy atom. The maximum atomic E-state index is 12.1. The normalized spacial score (nSPS) is 22.3. The van der Waals surface area contributed by atoms with Crippen LogP contribution in [0.2, 0.25) is 0 Å². The lowest BCUT2D eigenvalue weighted by atomic mass is 9.96. The Morgan fingerprint density at radius 3 is 2.67 bits per heavy atom. The van der Waals surface area contributed by atoms with Gasteiger partial charge >= 0.3 is 0 Å². The Hall–Kier alpha value is -1.84. The first-order chi connectivity index (χ1) is 10.2. The van der Waals surface area contributed by atoms with Crippen LogP contribution in [0.15, 0.2) is 24.3 Å². The first-order valence-corrected chi connectivity index (χ1v) is 7.87. The predicted octanol–water partition coefficient (Wildman–Crippen LogP) is 2.81. The molecule has 1 atom stereocenters. The van der Waals surface area contributed by atoms with E-state index in [1.165, 1.54) is 18.4 Å². The van der Waals surface area contributed by atoms with Crippen molar-refractivity contribution >= 4 is 17.5 Å². The van der Waals surface area contributed by atoms with Gasteiger partial charge in [0.1, 0.15) is 0 Å². The molecule has 1 aliphatic carbocycles. The minimum Gasteiger partial charge on any atom is -0.356 e. The number of carbonyl (C=O) groups excluding carboxylic acids is 2. The Kier molecular flexibility index (Phi) is 4.23. The number of rotatable bonds is 4.